The van der Waals surface area contributed by atoms with Crippen LogP contribution in [-0.4, -0.2) is 16.1 Å². The van der Waals surface area contributed by atoms with E-state index in [0.717, 1.165) is 21.2 Å². The molecule has 92 valence electrons. The lowest BCUT2D eigenvalue weighted by atomic mass is 10.2. The van der Waals surface area contributed by atoms with E-state index in [1.807, 2.05) is 49.4 Å². The van der Waals surface area contributed by atoms with Gasteiger partial charge >= 0.3 is 5.97 Å². The van der Waals surface area contributed by atoms with Crippen LogP contribution in [0.2, 0.25) is 0 Å². The highest BCUT2D eigenvalue weighted by Gasteiger charge is 2.02. The van der Waals surface area contributed by atoms with Crippen LogP contribution in [0, 0.1) is 6.92 Å². The van der Waals surface area contributed by atoms with Gasteiger partial charge in [-0.15, -0.1) is 0 Å². The molecule has 0 atom stereocenters. The Morgan fingerprint density at radius 3 is 2.56 bits per heavy atom. The molecule has 2 aromatic rings. The van der Waals surface area contributed by atoms with Crippen LogP contribution in [0.1, 0.15) is 11.3 Å². The first-order chi connectivity index (χ1) is 8.63. The van der Waals surface area contributed by atoms with Gasteiger partial charge in [0.25, 0.3) is 0 Å². The number of carboxylic acids is 1. The molecule has 2 rings (SSSR count). The third kappa shape index (κ3) is 3.60. The number of benzene rings is 1. The summed E-state index contributed by atoms with van der Waals surface area (Å²) in [6.45, 7) is 1.96. The Bertz CT molecular complexity index is 552. The highest BCUT2D eigenvalue weighted by Crippen LogP contribution is 2.26. The zero-order chi connectivity index (χ0) is 13.0. The fourth-order valence-corrected chi connectivity index (χ4v) is 2.40. The molecule has 0 fully saturated rings. The van der Waals surface area contributed by atoms with Crippen molar-refractivity contribution in [1.82, 2.24) is 4.98 Å². The molecule has 0 spiro atoms. The van der Waals surface area contributed by atoms with E-state index >= 15 is 0 Å². The Hall–Kier alpha value is -1.81. The van der Waals surface area contributed by atoms with E-state index in [-0.39, 0.29) is 6.42 Å². The molecule has 1 heterocycles. The van der Waals surface area contributed by atoms with Gasteiger partial charge in [-0.3, -0.25) is 4.79 Å². The van der Waals surface area contributed by atoms with Gasteiger partial charge in [-0.25, -0.2) is 4.98 Å². The first kappa shape index (κ1) is 12.6. The summed E-state index contributed by atoms with van der Waals surface area (Å²) in [5.41, 5.74) is 1.80. The summed E-state index contributed by atoms with van der Waals surface area (Å²) in [6, 6.07) is 13.4. The van der Waals surface area contributed by atoms with Crippen molar-refractivity contribution in [2.45, 2.75) is 23.3 Å². The Kier molecular flexibility index (Phi) is 3.99. The molecule has 1 N–H and O–H groups in total. The molecule has 0 radical (unpaired) electrons. The minimum Gasteiger partial charge on any atom is -0.481 e. The average Bonchev–Trinajstić information content (AvgIpc) is 2.31. The van der Waals surface area contributed by atoms with Gasteiger partial charge in [-0.05, 0) is 36.8 Å². The number of aromatic nitrogens is 1. The molecule has 0 aliphatic carbocycles. The standard InChI is InChI=1S/C14H13NO2S/c1-10-3-2-4-13(15-10)18-12-7-5-11(6-8-12)9-14(16)17/h2-8H,9H2,1H3,(H,16,17). The second kappa shape index (κ2) is 5.69. The third-order valence-electron chi connectivity index (χ3n) is 2.36. The molecule has 0 saturated heterocycles. The number of pyridine rings is 1. The molecule has 4 heteroatoms. The van der Waals surface area contributed by atoms with Gasteiger partial charge in [0.2, 0.25) is 0 Å². The molecule has 0 aliphatic rings. The predicted molar refractivity (Wildman–Crippen MR) is 70.9 cm³/mol. The predicted octanol–water partition coefficient (Wildman–Crippen LogP) is 3.17. The maximum Gasteiger partial charge on any atom is 0.307 e. The van der Waals surface area contributed by atoms with Crippen molar-refractivity contribution in [2.75, 3.05) is 0 Å². The fraction of sp³-hybridized carbons (Fsp3) is 0.143. The number of carboxylic acid groups (broad SMARTS) is 1. The SMILES string of the molecule is Cc1cccc(Sc2ccc(CC(=O)O)cc2)n1. The number of hydrogen-bond acceptors (Lipinski definition) is 3. The number of hydrogen-bond donors (Lipinski definition) is 1. The van der Waals surface area contributed by atoms with Crippen molar-refractivity contribution < 1.29 is 9.90 Å². The topological polar surface area (TPSA) is 50.2 Å². The van der Waals surface area contributed by atoms with Gasteiger partial charge < -0.3 is 5.11 Å². The van der Waals surface area contributed by atoms with Crippen molar-refractivity contribution in [1.29, 1.82) is 0 Å². The zero-order valence-corrected chi connectivity index (χ0v) is 10.8. The van der Waals surface area contributed by atoms with Gasteiger partial charge in [0.05, 0.1) is 6.42 Å². The maximum atomic E-state index is 10.6. The highest BCUT2D eigenvalue weighted by molar-refractivity contribution is 7.99. The molecular formula is C14H13NO2S. The molecule has 1 aromatic heterocycles. The van der Waals surface area contributed by atoms with Crippen LogP contribution in [0.15, 0.2) is 52.4 Å². The van der Waals surface area contributed by atoms with Crippen LogP contribution in [-0.2, 0) is 11.2 Å². The first-order valence-electron chi connectivity index (χ1n) is 5.56. The van der Waals surface area contributed by atoms with E-state index in [2.05, 4.69) is 4.98 Å². The van der Waals surface area contributed by atoms with Crippen LogP contribution >= 0.6 is 11.8 Å². The molecule has 0 amide bonds. The summed E-state index contributed by atoms with van der Waals surface area (Å²) in [4.78, 5) is 16.0. The van der Waals surface area contributed by atoms with Gasteiger partial charge in [0, 0.05) is 10.6 Å². The first-order valence-corrected chi connectivity index (χ1v) is 6.37. The molecule has 1 aromatic carbocycles. The van der Waals surface area contributed by atoms with E-state index < -0.39 is 5.97 Å². The summed E-state index contributed by atoms with van der Waals surface area (Å²) in [5, 5.41) is 9.63. The van der Waals surface area contributed by atoms with E-state index in [1.165, 1.54) is 0 Å². The summed E-state index contributed by atoms with van der Waals surface area (Å²) < 4.78 is 0. The normalized spacial score (nSPS) is 10.3. The maximum absolute atomic E-state index is 10.6. The number of carbonyl (C=O) groups is 1. The zero-order valence-electron chi connectivity index (χ0n) is 9.96. The van der Waals surface area contributed by atoms with Crippen molar-refractivity contribution in [2.24, 2.45) is 0 Å². The minimum absolute atomic E-state index is 0.0631. The Labute approximate surface area is 110 Å². The van der Waals surface area contributed by atoms with Crippen LogP contribution in [0.4, 0.5) is 0 Å². The Morgan fingerprint density at radius 2 is 1.94 bits per heavy atom. The van der Waals surface area contributed by atoms with Crippen LogP contribution in [0.3, 0.4) is 0 Å². The molecule has 0 bridgehead atoms. The highest BCUT2D eigenvalue weighted by atomic mass is 32.2. The fourth-order valence-electron chi connectivity index (χ4n) is 1.55. The molecule has 3 nitrogen and oxygen atoms in total. The monoisotopic (exact) mass is 259 g/mol. The quantitative estimate of drug-likeness (QED) is 0.916. The van der Waals surface area contributed by atoms with Crippen molar-refractivity contribution in [3.63, 3.8) is 0 Å². The largest absolute Gasteiger partial charge is 0.481 e. The lowest BCUT2D eigenvalue weighted by molar-refractivity contribution is -0.136. The van der Waals surface area contributed by atoms with E-state index in [9.17, 15) is 4.79 Å². The smallest absolute Gasteiger partial charge is 0.307 e. The summed E-state index contributed by atoms with van der Waals surface area (Å²) in [7, 11) is 0. The lowest BCUT2D eigenvalue weighted by Crippen LogP contribution is -1.99. The third-order valence-corrected chi connectivity index (χ3v) is 3.31. The molecule has 0 aliphatic heterocycles. The van der Waals surface area contributed by atoms with Crippen molar-refractivity contribution >= 4 is 17.7 Å². The number of nitrogens with zero attached hydrogens (tertiary/aromatic N) is 1. The summed E-state index contributed by atoms with van der Waals surface area (Å²) >= 11 is 1.57. The molecular weight excluding hydrogens is 246 g/mol. The van der Waals surface area contributed by atoms with Crippen LogP contribution in [0.25, 0.3) is 0 Å². The number of aliphatic carboxylic acids is 1. The van der Waals surface area contributed by atoms with E-state index in [4.69, 9.17) is 5.11 Å². The number of rotatable bonds is 4. The van der Waals surface area contributed by atoms with Crippen molar-refractivity contribution in [3.05, 3.63) is 53.7 Å². The molecule has 18 heavy (non-hydrogen) atoms. The average molecular weight is 259 g/mol. The number of aryl methyl sites for hydroxylation is 1. The van der Waals surface area contributed by atoms with Crippen molar-refractivity contribution in [3.8, 4) is 0 Å². The second-order valence-corrected chi connectivity index (χ2v) is 5.03. The van der Waals surface area contributed by atoms with Gasteiger partial charge in [0.15, 0.2) is 0 Å². The lowest BCUT2D eigenvalue weighted by Gasteiger charge is -2.03. The van der Waals surface area contributed by atoms with E-state index in [1.54, 1.807) is 11.8 Å². The van der Waals surface area contributed by atoms with E-state index in [0.29, 0.717) is 0 Å². The van der Waals surface area contributed by atoms with Crippen LogP contribution in [0.5, 0.6) is 0 Å². The van der Waals surface area contributed by atoms with Gasteiger partial charge in [-0.1, -0.05) is 30.0 Å². The molecule has 0 saturated carbocycles. The van der Waals surface area contributed by atoms with Crippen LogP contribution < -0.4 is 0 Å². The Morgan fingerprint density at radius 1 is 1.22 bits per heavy atom. The minimum atomic E-state index is -0.809. The molecule has 0 unspecified atom stereocenters. The summed E-state index contributed by atoms with van der Waals surface area (Å²) in [6.07, 6.45) is 0.0631. The Balaban J connectivity index is 2.08. The van der Waals surface area contributed by atoms with Gasteiger partial charge in [0.1, 0.15) is 5.03 Å². The summed E-state index contributed by atoms with van der Waals surface area (Å²) in [5.74, 6) is -0.809. The second-order valence-electron chi connectivity index (χ2n) is 3.93. The van der Waals surface area contributed by atoms with Gasteiger partial charge in [-0.2, -0.15) is 0 Å².